The average Bonchev–Trinajstić information content (AvgIpc) is 3.51. The first kappa shape index (κ1) is 16.4. The van der Waals surface area contributed by atoms with Gasteiger partial charge in [-0.15, -0.1) is 0 Å². The van der Waals surface area contributed by atoms with Gasteiger partial charge in [-0.2, -0.15) is 0 Å². The molecule has 2 aliphatic heterocycles. The van der Waals surface area contributed by atoms with Gasteiger partial charge in [0.15, 0.2) is 0 Å². The van der Waals surface area contributed by atoms with Gasteiger partial charge in [-0.05, 0) is 45.8 Å². The summed E-state index contributed by atoms with van der Waals surface area (Å²) < 4.78 is 8.92. The van der Waals surface area contributed by atoms with Gasteiger partial charge in [-0.25, -0.2) is 0 Å². The highest BCUT2D eigenvalue weighted by atomic mass is 16.3. The lowest BCUT2D eigenvalue weighted by molar-refractivity contribution is 0.669. The Kier molecular flexibility index (Phi) is 2.68. The maximum atomic E-state index is 6.32. The van der Waals surface area contributed by atoms with E-state index < -0.39 is 0 Å². The van der Waals surface area contributed by atoms with Crippen molar-refractivity contribution in [2.75, 3.05) is 0 Å². The summed E-state index contributed by atoms with van der Waals surface area (Å²) in [6.07, 6.45) is 0. The highest BCUT2D eigenvalue weighted by molar-refractivity contribution is 6.93. The minimum absolute atomic E-state index is 0.133. The molecule has 7 aromatic rings. The van der Waals surface area contributed by atoms with Gasteiger partial charge in [0.1, 0.15) is 11.2 Å². The molecule has 0 atom stereocenters. The number of hydrogen-bond donors (Lipinski definition) is 0. The zero-order valence-corrected chi connectivity index (χ0v) is 17.7. The Morgan fingerprint density at radius 2 is 1.21 bits per heavy atom. The van der Waals surface area contributed by atoms with Crippen molar-refractivity contribution in [3.8, 4) is 22.3 Å². The lowest BCUT2D eigenvalue weighted by Crippen LogP contribution is -2.48. The fourth-order valence-electron chi connectivity index (χ4n) is 6.63. The van der Waals surface area contributed by atoms with E-state index >= 15 is 0 Å². The maximum absolute atomic E-state index is 6.32. The molecular weight excluding hydrogens is 401 g/mol. The zero-order chi connectivity index (χ0) is 21.3. The number of rotatable bonds is 0. The second-order valence-electron chi connectivity index (χ2n) is 9.26. The van der Waals surface area contributed by atoms with E-state index in [9.17, 15) is 0 Å². The van der Waals surface area contributed by atoms with Crippen LogP contribution in [-0.4, -0.2) is 11.3 Å². The van der Waals surface area contributed by atoms with E-state index in [1.54, 1.807) is 0 Å². The molecule has 2 nitrogen and oxygen atoms in total. The number of hydrogen-bond acceptors (Lipinski definition) is 1. The first-order valence-corrected chi connectivity index (χ1v) is 11.5. The van der Waals surface area contributed by atoms with Crippen LogP contribution < -0.4 is 10.9 Å². The van der Waals surface area contributed by atoms with E-state index in [-0.39, 0.29) is 6.85 Å². The number of aromatic nitrogens is 1. The number of fused-ring (bicyclic) bond motifs is 12. The maximum Gasteiger partial charge on any atom is 0.330 e. The van der Waals surface area contributed by atoms with Crippen LogP contribution in [0.2, 0.25) is 0 Å². The van der Waals surface area contributed by atoms with Crippen LogP contribution in [0.1, 0.15) is 0 Å². The van der Waals surface area contributed by atoms with Crippen LogP contribution in [0.3, 0.4) is 0 Å². The summed E-state index contributed by atoms with van der Waals surface area (Å²) >= 11 is 0. The number of furan rings is 1. The molecule has 0 N–H and O–H groups in total. The summed E-state index contributed by atoms with van der Waals surface area (Å²) in [5.41, 5.74) is 12.7. The predicted molar refractivity (Wildman–Crippen MR) is 138 cm³/mol. The molecule has 9 rings (SSSR count). The third-order valence-electron chi connectivity index (χ3n) is 7.81. The van der Waals surface area contributed by atoms with E-state index in [2.05, 4.69) is 102 Å². The first-order valence-electron chi connectivity index (χ1n) is 11.5. The predicted octanol–water partition coefficient (Wildman–Crippen LogP) is 6.31. The Bertz CT molecular complexity index is 1990. The Balaban J connectivity index is 1.57. The number of nitrogens with zero attached hydrogens (tertiary/aromatic N) is 1. The molecule has 33 heavy (non-hydrogen) atoms. The number of para-hydroxylation sites is 3. The van der Waals surface area contributed by atoms with Crippen molar-refractivity contribution in [1.82, 2.24) is 4.48 Å². The normalized spacial score (nSPS) is 13.4. The fourth-order valence-corrected chi connectivity index (χ4v) is 6.63. The van der Waals surface area contributed by atoms with Gasteiger partial charge in [-0.1, -0.05) is 78.9 Å². The Hall–Kier alpha value is -4.24. The highest BCUT2D eigenvalue weighted by Crippen LogP contribution is 2.43. The van der Waals surface area contributed by atoms with E-state index in [1.165, 1.54) is 65.8 Å². The molecule has 0 saturated carbocycles. The average molecular weight is 417 g/mol. The number of benzene rings is 5. The Morgan fingerprint density at radius 1 is 0.515 bits per heavy atom. The molecule has 4 heterocycles. The van der Waals surface area contributed by atoms with Crippen molar-refractivity contribution in [3.05, 3.63) is 97.1 Å². The summed E-state index contributed by atoms with van der Waals surface area (Å²) in [6, 6.07) is 35.3. The van der Waals surface area contributed by atoms with Crippen LogP contribution in [0.15, 0.2) is 101 Å². The summed E-state index contributed by atoms with van der Waals surface area (Å²) in [5.74, 6) is 0. The standard InChI is InChI=1S/C30H16BNO/c1-3-13-24-17(7-1)21-11-6-12-22-19-10-5-9-18-20-15-16-26-27(23-8-2-4-14-25(23)33-26)29(20)31(28(18)19)32(24)30(21)22/h1-16H. The van der Waals surface area contributed by atoms with Crippen LogP contribution in [0.25, 0.3) is 66.0 Å². The Morgan fingerprint density at radius 3 is 2.15 bits per heavy atom. The van der Waals surface area contributed by atoms with Gasteiger partial charge in [0.25, 0.3) is 0 Å². The quantitative estimate of drug-likeness (QED) is 0.265. The van der Waals surface area contributed by atoms with Crippen LogP contribution in [0, 0.1) is 0 Å². The second kappa shape index (κ2) is 5.39. The lowest BCUT2D eigenvalue weighted by Gasteiger charge is -2.25. The largest absolute Gasteiger partial charge is 0.456 e. The molecule has 3 heteroatoms. The molecule has 0 fully saturated rings. The van der Waals surface area contributed by atoms with Gasteiger partial charge in [0, 0.05) is 38.1 Å². The molecule has 0 unspecified atom stereocenters. The summed E-state index contributed by atoms with van der Waals surface area (Å²) in [5, 5.41) is 5.10. The lowest BCUT2D eigenvalue weighted by atomic mass is 9.49. The minimum atomic E-state index is 0.133. The van der Waals surface area contributed by atoms with Crippen molar-refractivity contribution in [3.63, 3.8) is 0 Å². The van der Waals surface area contributed by atoms with Crippen LogP contribution in [0.4, 0.5) is 0 Å². The van der Waals surface area contributed by atoms with Gasteiger partial charge in [0.2, 0.25) is 0 Å². The smallest absolute Gasteiger partial charge is 0.330 e. The van der Waals surface area contributed by atoms with Gasteiger partial charge < -0.3 is 8.90 Å². The van der Waals surface area contributed by atoms with Gasteiger partial charge in [-0.3, -0.25) is 0 Å². The van der Waals surface area contributed by atoms with Gasteiger partial charge in [0.05, 0.1) is 0 Å². The molecule has 5 aromatic carbocycles. The van der Waals surface area contributed by atoms with Crippen LogP contribution >= 0.6 is 0 Å². The van der Waals surface area contributed by atoms with Crippen LogP contribution in [-0.2, 0) is 0 Å². The fraction of sp³-hybridized carbons (Fsp3) is 0. The second-order valence-corrected chi connectivity index (χ2v) is 9.26. The van der Waals surface area contributed by atoms with Crippen molar-refractivity contribution < 1.29 is 4.42 Å². The highest BCUT2D eigenvalue weighted by Gasteiger charge is 2.43. The molecule has 150 valence electrons. The molecule has 0 bridgehead atoms. The minimum Gasteiger partial charge on any atom is -0.456 e. The molecule has 0 spiro atoms. The van der Waals surface area contributed by atoms with E-state index in [4.69, 9.17) is 4.42 Å². The zero-order valence-electron chi connectivity index (χ0n) is 17.7. The Labute approximate surface area is 189 Å². The molecule has 2 aromatic heterocycles. The third-order valence-corrected chi connectivity index (χ3v) is 7.81. The van der Waals surface area contributed by atoms with Crippen molar-refractivity contribution >= 4 is 61.5 Å². The topological polar surface area (TPSA) is 18.1 Å². The molecule has 0 saturated heterocycles. The van der Waals surface area contributed by atoms with Crippen molar-refractivity contribution in [2.45, 2.75) is 0 Å². The van der Waals surface area contributed by atoms with Crippen LogP contribution in [0.5, 0.6) is 0 Å². The van der Waals surface area contributed by atoms with E-state index in [0.29, 0.717) is 0 Å². The molecular formula is C30H16BNO. The summed E-state index contributed by atoms with van der Waals surface area (Å²) in [7, 11) is 0. The van der Waals surface area contributed by atoms with Gasteiger partial charge >= 0.3 is 6.85 Å². The van der Waals surface area contributed by atoms with E-state index in [1.807, 2.05) is 0 Å². The molecule has 0 aliphatic carbocycles. The SMILES string of the molecule is c1cc2c3c(c1)-c1cccc4c5ccccc5n(c14)B3c1c-2ccc2oc3ccccc3c12. The monoisotopic (exact) mass is 417 g/mol. The molecule has 2 aliphatic rings. The third kappa shape index (κ3) is 1.75. The van der Waals surface area contributed by atoms with Crippen molar-refractivity contribution in [1.29, 1.82) is 0 Å². The molecule has 0 amide bonds. The first-order chi connectivity index (χ1) is 16.4. The summed E-state index contributed by atoms with van der Waals surface area (Å²) in [6.45, 7) is 0.133. The summed E-state index contributed by atoms with van der Waals surface area (Å²) in [4.78, 5) is 0. The van der Waals surface area contributed by atoms with Crippen molar-refractivity contribution in [2.24, 2.45) is 0 Å². The van der Waals surface area contributed by atoms with E-state index in [0.717, 1.165) is 11.2 Å². The molecule has 0 radical (unpaired) electrons.